The van der Waals surface area contributed by atoms with E-state index in [1.54, 1.807) is 7.11 Å². The average Bonchev–Trinajstić information content (AvgIpc) is 2.98. The van der Waals surface area contributed by atoms with Gasteiger partial charge in [-0.15, -0.1) is 0 Å². The monoisotopic (exact) mass is 426 g/mol. The first-order valence-electron chi connectivity index (χ1n) is 11.0. The third-order valence-electron chi connectivity index (χ3n) is 6.83. The van der Waals surface area contributed by atoms with Crippen LogP contribution in [0.3, 0.4) is 0 Å². The lowest BCUT2D eigenvalue weighted by molar-refractivity contribution is 0.00578. The van der Waals surface area contributed by atoms with Crippen molar-refractivity contribution in [2.75, 3.05) is 17.6 Å². The van der Waals surface area contributed by atoms with Crippen molar-refractivity contribution in [1.82, 2.24) is 0 Å². The molecule has 0 saturated carbocycles. The number of rotatable bonds is 4. The second-order valence-corrected chi connectivity index (χ2v) is 9.41. The first-order valence-corrected chi connectivity index (χ1v) is 11.0. The summed E-state index contributed by atoms with van der Waals surface area (Å²) in [5.74, 6) is 2.90. The number of benzene rings is 3. The summed E-state index contributed by atoms with van der Waals surface area (Å²) in [5.41, 5.74) is 3.54. The molecule has 2 N–H and O–H groups in total. The Bertz CT molecular complexity index is 1130. The molecule has 1 saturated heterocycles. The lowest BCUT2D eigenvalue weighted by Crippen LogP contribution is -2.41. The summed E-state index contributed by atoms with van der Waals surface area (Å²) in [6.07, 6.45) is 0. The fraction of sp³-hybridized carbons (Fsp3) is 0.280. The predicted molar refractivity (Wildman–Crippen MR) is 134 cm³/mol. The lowest BCUT2D eigenvalue weighted by atomic mass is 9.59. The van der Waals surface area contributed by atoms with Gasteiger partial charge in [0.05, 0.1) is 18.3 Å². The molecule has 0 unspecified atom stereocenters. The third kappa shape index (κ3) is 3.55. The van der Waals surface area contributed by atoms with Gasteiger partial charge in [-0.3, -0.25) is 0 Å². The van der Waals surface area contributed by atoms with Gasteiger partial charge in [0, 0.05) is 16.8 Å². The van der Waals surface area contributed by atoms with Crippen molar-refractivity contribution in [3.63, 3.8) is 0 Å². The van der Waals surface area contributed by atoms with Gasteiger partial charge in [-0.05, 0) is 68.4 Å². The van der Waals surface area contributed by atoms with Gasteiger partial charge in [-0.1, -0.05) is 42.4 Å². The maximum Gasteiger partial charge on any atom is 0.486 e. The highest BCUT2D eigenvalue weighted by atomic mass is 16.7. The normalized spacial score (nSPS) is 19.0. The molecule has 0 spiro atoms. The predicted octanol–water partition coefficient (Wildman–Crippen LogP) is 5.43. The molecule has 0 aliphatic carbocycles. The molecule has 0 aromatic heterocycles. The van der Waals surface area contributed by atoms with Gasteiger partial charge in [0.1, 0.15) is 5.75 Å². The summed E-state index contributed by atoms with van der Waals surface area (Å²) in [5, 5.41) is 9.78. The molecule has 2 aliphatic heterocycles. The van der Waals surface area contributed by atoms with Crippen LogP contribution in [0.15, 0.2) is 66.6 Å². The molecular formula is C25H28B2N2O3. The van der Waals surface area contributed by atoms with Crippen molar-refractivity contribution in [3.05, 3.63) is 72.2 Å². The van der Waals surface area contributed by atoms with E-state index in [1.165, 1.54) is 10.8 Å². The van der Waals surface area contributed by atoms with Crippen LogP contribution in [0.2, 0.25) is 0 Å². The van der Waals surface area contributed by atoms with Crippen LogP contribution >= 0.6 is 0 Å². The van der Waals surface area contributed by atoms with Crippen molar-refractivity contribution < 1.29 is 14.0 Å². The lowest BCUT2D eigenvalue weighted by Gasteiger charge is -2.32. The third-order valence-corrected chi connectivity index (χ3v) is 6.83. The molecule has 0 bridgehead atoms. The molecule has 7 heteroatoms. The minimum absolute atomic E-state index is 0.150. The fourth-order valence-corrected chi connectivity index (χ4v) is 4.33. The topological polar surface area (TPSA) is 51.8 Å². The Morgan fingerprint density at radius 3 is 1.94 bits per heavy atom. The summed E-state index contributed by atoms with van der Waals surface area (Å²) in [7, 11) is 1.23. The van der Waals surface area contributed by atoms with Gasteiger partial charge in [0.15, 0.2) is 0 Å². The Morgan fingerprint density at radius 2 is 1.41 bits per heavy atom. The number of nitrogens with one attached hydrogen (secondary N) is 2. The second kappa shape index (κ2) is 7.61. The molecule has 32 heavy (non-hydrogen) atoms. The molecule has 3 aromatic rings. The molecule has 2 heterocycles. The maximum absolute atomic E-state index is 6.30. The Balaban J connectivity index is 1.56. The van der Waals surface area contributed by atoms with E-state index in [0.717, 1.165) is 28.2 Å². The van der Waals surface area contributed by atoms with E-state index in [2.05, 4.69) is 92.7 Å². The highest BCUT2D eigenvalue weighted by molar-refractivity contribution is 6.86. The van der Waals surface area contributed by atoms with Crippen molar-refractivity contribution in [2.24, 2.45) is 0 Å². The Morgan fingerprint density at radius 1 is 0.844 bits per heavy atom. The molecule has 3 aromatic carbocycles. The Hall–Kier alpha value is -2.89. The van der Waals surface area contributed by atoms with Gasteiger partial charge in [0.25, 0.3) is 0 Å². The first kappa shape index (κ1) is 21.0. The molecule has 0 atom stereocenters. The highest BCUT2D eigenvalue weighted by Gasteiger charge is 2.50. The van der Waals surface area contributed by atoms with Crippen LogP contribution in [0.25, 0.3) is 16.2 Å². The van der Waals surface area contributed by atoms with E-state index < -0.39 is 18.3 Å². The van der Waals surface area contributed by atoms with Crippen molar-refractivity contribution in [1.29, 1.82) is 0 Å². The summed E-state index contributed by atoms with van der Waals surface area (Å²) in [4.78, 5) is 0. The summed E-state index contributed by atoms with van der Waals surface area (Å²) in [6.45, 7) is 8.14. The first-order chi connectivity index (χ1) is 15.3. The van der Waals surface area contributed by atoms with Gasteiger partial charge in [-0.25, -0.2) is 0 Å². The summed E-state index contributed by atoms with van der Waals surface area (Å²) >= 11 is 0. The minimum atomic E-state index is -0.450. The largest absolute Gasteiger partial charge is 0.497 e. The van der Waals surface area contributed by atoms with Crippen molar-refractivity contribution in [3.8, 4) is 5.75 Å². The van der Waals surface area contributed by atoms with Gasteiger partial charge < -0.3 is 24.5 Å². The van der Waals surface area contributed by atoms with Crippen LogP contribution in [0, 0.1) is 0 Å². The smallest absolute Gasteiger partial charge is 0.486 e. The van der Waals surface area contributed by atoms with Crippen LogP contribution in [-0.4, -0.2) is 32.4 Å². The Kier molecular flexibility index (Phi) is 4.99. The van der Waals surface area contributed by atoms with Crippen LogP contribution < -0.4 is 15.2 Å². The number of hydrogen-bond donors (Lipinski definition) is 2. The van der Waals surface area contributed by atoms with Crippen molar-refractivity contribution >= 4 is 41.7 Å². The molecule has 0 radical (unpaired) electrons. The van der Waals surface area contributed by atoms with E-state index in [1.807, 2.05) is 12.1 Å². The molecular weight excluding hydrogens is 398 g/mol. The Labute approximate surface area is 190 Å². The van der Waals surface area contributed by atoms with Crippen LogP contribution in [0.5, 0.6) is 5.75 Å². The summed E-state index contributed by atoms with van der Waals surface area (Å²) < 4.78 is 18.0. The zero-order valence-corrected chi connectivity index (χ0v) is 19.2. The van der Waals surface area contributed by atoms with Crippen LogP contribution in [0.4, 0.5) is 11.4 Å². The molecule has 2 aliphatic rings. The number of methoxy groups -OCH3 is 1. The van der Waals surface area contributed by atoms with E-state index >= 15 is 0 Å². The standard InChI is InChI=1S/C25H28B2N2O3/c1-24(2)25(3,4)32-26(31-24)16-20(17-12-14-19(30-5)15-13-17)27-28-21-10-6-8-18-9-7-11-22(29-27)23(18)21/h6-16,28-29H,1-5H3/b20-16-. The maximum atomic E-state index is 6.30. The van der Waals surface area contributed by atoms with E-state index in [9.17, 15) is 0 Å². The van der Waals surface area contributed by atoms with Crippen LogP contribution in [-0.2, 0) is 9.31 Å². The number of anilines is 2. The number of ether oxygens (including phenoxy) is 1. The second-order valence-electron chi connectivity index (χ2n) is 9.41. The van der Waals surface area contributed by atoms with Crippen molar-refractivity contribution in [2.45, 2.75) is 38.9 Å². The SMILES string of the molecule is COc1ccc(/C(=C/B2OC(C)(C)C(C)(C)O2)B2Nc3cccc4cccc(c34)N2)cc1. The van der Waals surface area contributed by atoms with E-state index in [-0.39, 0.29) is 6.98 Å². The molecule has 5 rings (SSSR count). The molecule has 1 fully saturated rings. The van der Waals surface area contributed by atoms with Gasteiger partial charge in [0.2, 0.25) is 0 Å². The zero-order chi connectivity index (χ0) is 22.5. The number of hydrogen-bond acceptors (Lipinski definition) is 5. The molecule has 162 valence electrons. The quantitative estimate of drug-likeness (QED) is 0.546. The van der Waals surface area contributed by atoms with Gasteiger partial charge >= 0.3 is 14.1 Å². The van der Waals surface area contributed by atoms with Crippen LogP contribution in [0.1, 0.15) is 33.3 Å². The average molecular weight is 426 g/mol. The minimum Gasteiger partial charge on any atom is -0.497 e. The van der Waals surface area contributed by atoms with E-state index in [4.69, 9.17) is 14.0 Å². The summed E-state index contributed by atoms with van der Waals surface area (Å²) in [6, 6.07) is 20.8. The highest BCUT2D eigenvalue weighted by Crippen LogP contribution is 2.39. The fourth-order valence-electron chi connectivity index (χ4n) is 4.33. The molecule has 5 nitrogen and oxygen atoms in total. The molecule has 0 amide bonds. The van der Waals surface area contributed by atoms with E-state index in [0.29, 0.717) is 0 Å². The van der Waals surface area contributed by atoms with Gasteiger partial charge in [-0.2, -0.15) is 0 Å². The zero-order valence-electron chi connectivity index (χ0n) is 19.2.